The van der Waals surface area contributed by atoms with Gasteiger partial charge in [0.15, 0.2) is 0 Å². The van der Waals surface area contributed by atoms with Gasteiger partial charge >= 0.3 is 0 Å². The maximum absolute atomic E-state index is 12.3. The van der Waals surface area contributed by atoms with Gasteiger partial charge in [-0.3, -0.25) is 9.69 Å². The van der Waals surface area contributed by atoms with Gasteiger partial charge in [0.1, 0.15) is 0 Å². The average Bonchev–Trinajstić information content (AvgIpc) is 3.00. The number of carbonyl (C=O) groups excluding carboxylic acids is 1. The van der Waals surface area contributed by atoms with Gasteiger partial charge in [0.05, 0.1) is 0 Å². The minimum atomic E-state index is 0.149. The molecular formula is C22H34N4O. The van der Waals surface area contributed by atoms with Crippen LogP contribution in [0.5, 0.6) is 0 Å². The first kappa shape index (κ1) is 19.9. The molecule has 0 radical (unpaired) electrons. The zero-order chi connectivity index (χ0) is 19.4. The van der Waals surface area contributed by atoms with Crippen LogP contribution in [0.4, 0.5) is 0 Å². The monoisotopic (exact) mass is 370 g/mol. The van der Waals surface area contributed by atoms with Crippen molar-refractivity contribution in [3.8, 4) is 0 Å². The molecule has 1 atom stereocenters. The van der Waals surface area contributed by atoms with Crippen LogP contribution in [-0.2, 0) is 17.8 Å². The number of aromatic nitrogens is 1. The number of hydrogen-bond donors (Lipinski definition) is 2. The van der Waals surface area contributed by atoms with Crippen molar-refractivity contribution in [3.05, 3.63) is 35.0 Å². The summed E-state index contributed by atoms with van der Waals surface area (Å²) in [4.78, 5) is 20.6. The van der Waals surface area contributed by atoms with Crippen molar-refractivity contribution in [3.63, 3.8) is 0 Å². The van der Waals surface area contributed by atoms with E-state index in [0.717, 1.165) is 44.6 Å². The molecule has 27 heavy (non-hydrogen) atoms. The van der Waals surface area contributed by atoms with Crippen molar-refractivity contribution < 1.29 is 4.79 Å². The second kappa shape index (κ2) is 8.89. The number of benzene rings is 1. The SMILES string of the molecule is CCc1[nH]c2ccc(CNC(=O)CC[C@@H](C)N3CCN(C)CC3)cc2c1C. The van der Waals surface area contributed by atoms with Gasteiger partial charge in [0, 0.05) is 61.8 Å². The highest BCUT2D eigenvalue weighted by Gasteiger charge is 2.19. The number of likely N-dealkylation sites (N-methyl/N-ethyl adjacent to an activating group) is 1. The molecule has 1 aromatic heterocycles. The van der Waals surface area contributed by atoms with Crippen molar-refractivity contribution >= 4 is 16.8 Å². The van der Waals surface area contributed by atoms with Crippen LogP contribution in [0.1, 0.15) is 43.5 Å². The molecule has 3 rings (SSSR count). The van der Waals surface area contributed by atoms with E-state index in [1.54, 1.807) is 0 Å². The topological polar surface area (TPSA) is 51.4 Å². The summed E-state index contributed by atoms with van der Waals surface area (Å²) in [6.07, 6.45) is 2.53. The highest BCUT2D eigenvalue weighted by molar-refractivity contribution is 5.85. The molecule has 148 valence electrons. The molecule has 1 aliphatic rings. The lowest BCUT2D eigenvalue weighted by Crippen LogP contribution is -2.48. The molecule has 1 aromatic carbocycles. The second-order valence-electron chi connectivity index (χ2n) is 7.97. The number of H-pyrrole nitrogens is 1. The van der Waals surface area contributed by atoms with E-state index in [4.69, 9.17) is 0 Å². The molecule has 2 N–H and O–H groups in total. The number of amides is 1. The summed E-state index contributed by atoms with van der Waals surface area (Å²) in [6, 6.07) is 6.90. The summed E-state index contributed by atoms with van der Waals surface area (Å²) in [5.41, 5.74) is 4.96. The van der Waals surface area contributed by atoms with Gasteiger partial charge in [0.2, 0.25) is 5.91 Å². The minimum absolute atomic E-state index is 0.149. The van der Waals surface area contributed by atoms with Crippen LogP contribution >= 0.6 is 0 Å². The summed E-state index contributed by atoms with van der Waals surface area (Å²) in [6.45, 7) is 11.6. The zero-order valence-corrected chi connectivity index (χ0v) is 17.3. The van der Waals surface area contributed by atoms with Crippen LogP contribution in [0.25, 0.3) is 10.9 Å². The number of fused-ring (bicyclic) bond motifs is 1. The Bertz CT molecular complexity index is 774. The van der Waals surface area contributed by atoms with Crippen LogP contribution in [0, 0.1) is 6.92 Å². The average molecular weight is 371 g/mol. The number of aryl methyl sites for hydroxylation is 2. The van der Waals surface area contributed by atoms with Gasteiger partial charge in [-0.1, -0.05) is 13.0 Å². The van der Waals surface area contributed by atoms with E-state index in [1.807, 2.05) is 0 Å². The highest BCUT2D eigenvalue weighted by atomic mass is 16.1. The molecule has 0 aliphatic carbocycles. The summed E-state index contributed by atoms with van der Waals surface area (Å²) in [5, 5.41) is 4.36. The lowest BCUT2D eigenvalue weighted by molar-refractivity contribution is -0.121. The van der Waals surface area contributed by atoms with Gasteiger partial charge in [0.25, 0.3) is 0 Å². The van der Waals surface area contributed by atoms with Gasteiger partial charge in [-0.2, -0.15) is 0 Å². The van der Waals surface area contributed by atoms with Crippen LogP contribution in [0.2, 0.25) is 0 Å². The Hall–Kier alpha value is -1.85. The number of nitrogens with zero attached hydrogens (tertiary/aromatic N) is 2. The second-order valence-corrected chi connectivity index (χ2v) is 7.97. The van der Waals surface area contributed by atoms with Crippen molar-refractivity contribution in [2.75, 3.05) is 33.2 Å². The fourth-order valence-electron chi connectivity index (χ4n) is 3.97. The van der Waals surface area contributed by atoms with Gasteiger partial charge in [-0.15, -0.1) is 0 Å². The van der Waals surface area contributed by atoms with Gasteiger partial charge in [-0.25, -0.2) is 0 Å². The number of piperazine rings is 1. The number of aromatic amines is 1. The Labute approximate surface area is 163 Å². The van der Waals surface area contributed by atoms with Crippen LogP contribution < -0.4 is 5.32 Å². The van der Waals surface area contributed by atoms with Crippen molar-refractivity contribution in [2.24, 2.45) is 0 Å². The van der Waals surface area contributed by atoms with Crippen molar-refractivity contribution in [2.45, 2.75) is 52.6 Å². The lowest BCUT2D eigenvalue weighted by Gasteiger charge is -2.36. The highest BCUT2D eigenvalue weighted by Crippen LogP contribution is 2.23. The Morgan fingerprint density at radius 3 is 2.70 bits per heavy atom. The maximum atomic E-state index is 12.3. The van der Waals surface area contributed by atoms with Crippen LogP contribution in [0.15, 0.2) is 18.2 Å². The first-order valence-electron chi connectivity index (χ1n) is 10.3. The van der Waals surface area contributed by atoms with E-state index < -0.39 is 0 Å². The standard InChI is InChI=1S/C22H34N4O/c1-5-20-17(3)19-14-18(7-8-21(19)24-20)15-23-22(27)9-6-16(2)26-12-10-25(4)11-13-26/h7-8,14,16,24H,5-6,9-13,15H2,1-4H3,(H,23,27)/t16-/m1/s1. The number of rotatable bonds is 7. The third-order valence-electron chi connectivity index (χ3n) is 6.02. The van der Waals surface area contributed by atoms with E-state index in [-0.39, 0.29) is 5.91 Å². The predicted octanol–water partition coefficient (Wildman–Crippen LogP) is 3.07. The minimum Gasteiger partial charge on any atom is -0.358 e. The smallest absolute Gasteiger partial charge is 0.220 e. The fourth-order valence-corrected chi connectivity index (χ4v) is 3.97. The van der Waals surface area contributed by atoms with Crippen molar-refractivity contribution in [1.82, 2.24) is 20.1 Å². The predicted molar refractivity (Wildman–Crippen MR) is 112 cm³/mol. The quantitative estimate of drug-likeness (QED) is 0.788. The Kier molecular flexibility index (Phi) is 6.55. The normalized spacial score (nSPS) is 17.3. The van der Waals surface area contributed by atoms with E-state index in [2.05, 4.69) is 66.1 Å². The largest absolute Gasteiger partial charge is 0.358 e. The molecule has 2 heterocycles. The molecule has 5 nitrogen and oxygen atoms in total. The molecule has 0 bridgehead atoms. The molecule has 2 aromatic rings. The summed E-state index contributed by atoms with van der Waals surface area (Å²) >= 11 is 0. The zero-order valence-electron chi connectivity index (χ0n) is 17.3. The van der Waals surface area contributed by atoms with Crippen molar-refractivity contribution in [1.29, 1.82) is 0 Å². The van der Waals surface area contributed by atoms with Crippen LogP contribution in [-0.4, -0.2) is 60.0 Å². The summed E-state index contributed by atoms with van der Waals surface area (Å²) < 4.78 is 0. The summed E-state index contributed by atoms with van der Waals surface area (Å²) in [7, 11) is 2.17. The molecular weight excluding hydrogens is 336 g/mol. The maximum Gasteiger partial charge on any atom is 0.220 e. The lowest BCUT2D eigenvalue weighted by atomic mass is 10.1. The molecule has 1 amide bonds. The Balaban J connectivity index is 1.47. The Morgan fingerprint density at radius 1 is 1.26 bits per heavy atom. The third kappa shape index (κ3) is 4.90. The van der Waals surface area contributed by atoms with E-state index in [0.29, 0.717) is 19.0 Å². The molecule has 0 spiro atoms. The van der Waals surface area contributed by atoms with E-state index >= 15 is 0 Å². The van der Waals surface area contributed by atoms with E-state index in [9.17, 15) is 4.79 Å². The first-order valence-corrected chi connectivity index (χ1v) is 10.3. The number of nitrogens with one attached hydrogen (secondary N) is 2. The van der Waals surface area contributed by atoms with E-state index in [1.165, 1.54) is 22.2 Å². The van der Waals surface area contributed by atoms with Crippen LogP contribution in [0.3, 0.4) is 0 Å². The van der Waals surface area contributed by atoms with Gasteiger partial charge < -0.3 is 15.2 Å². The third-order valence-corrected chi connectivity index (χ3v) is 6.02. The molecule has 1 fully saturated rings. The molecule has 0 saturated carbocycles. The van der Waals surface area contributed by atoms with Gasteiger partial charge in [-0.05, 0) is 57.0 Å². The summed E-state index contributed by atoms with van der Waals surface area (Å²) in [5.74, 6) is 0.149. The number of hydrogen-bond acceptors (Lipinski definition) is 3. The Morgan fingerprint density at radius 2 is 2.00 bits per heavy atom. The molecule has 1 aliphatic heterocycles. The molecule has 1 saturated heterocycles. The first-order chi connectivity index (χ1) is 13.0. The fraction of sp³-hybridized carbons (Fsp3) is 0.591. The number of carbonyl (C=O) groups is 1. The molecule has 0 unspecified atom stereocenters. The molecule has 5 heteroatoms.